The SMILES string of the molecule is O=CN1[C@@H]2CC[C@H]1CC(Oc1ccc(-c3n[nH]c4ccc(C(=O)N[C@H](c5ccccc5)C5CC5)cc34)cc1)C2. The lowest BCUT2D eigenvalue weighted by atomic mass is 10.0. The zero-order valence-electron chi connectivity index (χ0n) is 21.8. The number of ether oxygens (including phenoxy) is 1. The number of carbonyl (C=O) groups excluding carboxylic acids is 2. The van der Waals surface area contributed by atoms with E-state index in [2.05, 4.69) is 27.6 Å². The van der Waals surface area contributed by atoms with Crippen molar-refractivity contribution in [1.82, 2.24) is 20.4 Å². The molecule has 4 atom stereocenters. The van der Waals surface area contributed by atoms with Gasteiger partial charge in [0.2, 0.25) is 6.41 Å². The van der Waals surface area contributed by atoms with E-state index in [4.69, 9.17) is 4.74 Å². The van der Waals surface area contributed by atoms with Crippen molar-refractivity contribution in [1.29, 1.82) is 0 Å². The number of aromatic nitrogens is 2. The van der Waals surface area contributed by atoms with Gasteiger partial charge in [-0.2, -0.15) is 5.10 Å². The van der Waals surface area contributed by atoms with Crippen molar-refractivity contribution in [3.05, 3.63) is 83.9 Å². The summed E-state index contributed by atoms with van der Waals surface area (Å²) in [6.45, 7) is 0. The third-order valence-corrected chi connectivity index (χ3v) is 8.66. The molecule has 2 bridgehead atoms. The number of H-pyrrole nitrogens is 1. The number of aromatic amines is 1. The summed E-state index contributed by atoms with van der Waals surface area (Å²) < 4.78 is 6.31. The molecule has 2 N–H and O–H groups in total. The molecule has 1 aromatic heterocycles. The largest absolute Gasteiger partial charge is 0.490 e. The predicted molar refractivity (Wildman–Crippen MR) is 149 cm³/mol. The zero-order valence-corrected chi connectivity index (χ0v) is 21.8. The van der Waals surface area contributed by atoms with Crippen LogP contribution in [0.2, 0.25) is 0 Å². The molecule has 3 heterocycles. The molecule has 3 aliphatic rings. The molecule has 2 saturated heterocycles. The Morgan fingerprint density at radius 3 is 2.41 bits per heavy atom. The number of nitrogens with zero attached hydrogens (tertiary/aromatic N) is 2. The summed E-state index contributed by atoms with van der Waals surface area (Å²) >= 11 is 0. The van der Waals surface area contributed by atoms with Crippen LogP contribution in [0, 0.1) is 5.92 Å². The molecule has 1 unspecified atom stereocenters. The molecule has 3 aromatic carbocycles. The fourth-order valence-corrected chi connectivity index (χ4v) is 6.48. The monoisotopic (exact) mass is 520 g/mol. The molecule has 1 saturated carbocycles. The van der Waals surface area contributed by atoms with Crippen LogP contribution in [0.15, 0.2) is 72.8 Å². The second kappa shape index (κ2) is 9.88. The van der Waals surface area contributed by atoms with Crippen LogP contribution in [0.1, 0.15) is 60.5 Å². The van der Waals surface area contributed by atoms with Gasteiger partial charge in [0.1, 0.15) is 11.9 Å². The van der Waals surface area contributed by atoms with Gasteiger partial charge in [-0.15, -0.1) is 0 Å². The second-order valence-electron chi connectivity index (χ2n) is 11.2. The zero-order chi connectivity index (χ0) is 26.3. The van der Waals surface area contributed by atoms with Gasteiger partial charge in [0.25, 0.3) is 5.91 Å². The molecule has 39 heavy (non-hydrogen) atoms. The topological polar surface area (TPSA) is 87.3 Å². The smallest absolute Gasteiger partial charge is 0.251 e. The highest BCUT2D eigenvalue weighted by molar-refractivity contribution is 6.01. The third kappa shape index (κ3) is 4.67. The van der Waals surface area contributed by atoms with E-state index in [9.17, 15) is 9.59 Å². The van der Waals surface area contributed by atoms with E-state index in [0.29, 0.717) is 23.6 Å². The molecule has 7 heteroatoms. The van der Waals surface area contributed by atoms with E-state index in [-0.39, 0.29) is 18.1 Å². The van der Waals surface area contributed by atoms with E-state index in [1.54, 1.807) is 0 Å². The van der Waals surface area contributed by atoms with E-state index >= 15 is 0 Å². The summed E-state index contributed by atoms with van der Waals surface area (Å²) in [5.41, 5.74) is 4.44. The van der Waals surface area contributed by atoms with Crippen molar-refractivity contribution < 1.29 is 14.3 Å². The van der Waals surface area contributed by atoms with Crippen LogP contribution in [0.5, 0.6) is 5.75 Å². The quantitative estimate of drug-likeness (QED) is 0.294. The van der Waals surface area contributed by atoms with Crippen LogP contribution in [0.3, 0.4) is 0 Å². The number of rotatable bonds is 8. The molecule has 2 aliphatic heterocycles. The van der Waals surface area contributed by atoms with Crippen LogP contribution >= 0.6 is 0 Å². The van der Waals surface area contributed by atoms with Gasteiger partial charge in [-0.05, 0) is 79.6 Å². The molecule has 0 spiro atoms. The number of amides is 2. The Bertz CT molecular complexity index is 1480. The van der Waals surface area contributed by atoms with Crippen LogP contribution < -0.4 is 10.1 Å². The highest BCUT2D eigenvalue weighted by Crippen LogP contribution is 2.41. The fraction of sp³-hybridized carbons (Fsp3) is 0.344. The number of hydrogen-bond donors (Lipinski definition) is 2. The Morgan fingerprint density at radius 1 is 0.974 bits per heavy atom. The average molecular weight is 521 g/mol. The average Bonchev–Trinajstić information content (AvgIpc) is 3.67. The minimum Gasteiger partial charge on any atom is -0.490 e. The van der Waals surface area contributed by atoms with Gasteiger partial charge in [-0.25, -0.2) is 0 Å². The minimum absolute atomic E-state index is 0.0339. The van der Waals surface area contributed by atoms with Crippen LogP contribution in [0.4, 0.5) is 0 Å². The van der Waals surface area contributed by atoms with Crippen molar-refractivity contribution in [3.63, 3.8) is 0 Å². The van der Waals surface area contributed by atoms with E-state index in [0.717, 1.165) is 78.4 Å². The molecule has 198 valence electrons. The van der Waals surface area contributed by atoms with Gasteiger partial charge in [0.15, 0.2) is 0 Å². The first kappa shape index (κ1) is 23.9. The molecule has 2 amide bonds. The number of carbonyl (C=O) groups is 2. The third-order valence-electron chi connectivity index (χ3n) is 8.66. The van der Waals surface area contributed by atoms with Gasteiger partial charge < -0.3 is 15.0 Å². The minimum atomic E-state index is -0.0665. The highest BCUT2D eigenvalue weighted by Gasteiger charge is 2.41. The maximum Gasteiger partial charge on any atom is 0.251 e. The summed E-state index contributed by atoms with van der Waals surface area (Å²) in [5, 5.41) is 11.9. The van der Waals surface area contributed by atoms with E-state index in [1.165, 1.54) is 0 Å². The molecule has 4 aromatic rings. The summed E-state index contributed by atoms with van der Waals surface area (Å²) in [6.07, 6.45) is 7.34. The number of benzene rings is 3. The second-order valence-corrected chi connectivity index (χ2v) is 11.2. The van der Waals surface area contributed by atoms with Crippen molar-refractivity contribution in [2.24, 2.45) is 5.92 Å². The predicted octanol–water partition coefficient (Wildman–Crippen LogP) is 5.64. The molecule has 1 aliphatic carbocycles. The first-order valence-electron chi connectivity index (χ1n) is 14.0. The Kier molecular flexibility index (Phi) is 6.06. The Morgan fingerprint density at radius 2 is 1.72 bits per heavy atom. The molecular weight excluding hydrogens is 488 g/mol. The van der Waals surface area contributed by atoms with Gasteiger partial charge >= 0.3 is 0 Å². The summed E-state index contributed by atoms with van der Waals surface area (Å²) in [7, 11) is 0. The Labute approximate surface area is 227 Å². The highest BCUT2D eigenvalue weighted by atomic mass is 16.5. The molecular formula is C32H32N4O3. The van der Waals surface area contributed by atoms with Gasteiger partial charge in [0.05, 0.1) is 17.3 Å². The number of piperidine rings is 1. The summed E-state index contributed by atoms with van der Waals surface area (Å²) in [5.74, 6) is 1.26. The first-order valence-corrected chi connectivity index (χ1v) is 14.0. The lowest BCUT2D eigenvalue weighted by Gasteiger charge is -2.36. The van der Waals surface area contributed by atoms with Crippen molar-refractivity contribution >= 4 is 23.2 Å². The van der Waals surface area contributed by atoms with Crippen molar-refractivity contribution in [2.45, 2.75) is 62.8 Å². The normalized spacial score (nSPS) is 23.0. The van der Waals surface area contributed by atoms with E-state index < -0.39 is 0 Å². The molecule has 3 fully saturated rings. The molecule has 7 nitrogen and oxygen atoms in total. The lowest BCUT2D eigenvalue weighted by Crippen LogP contribution is -2.45. The fourth-order valence-electron chi connectivity index (χ4n) is 6.48. The summed E-state index contributed by atoms with van der Waals surface area (Å²) in [6, 6.07) is 24.6. The maximum atomic E-state index is 13.3. The maximum absolute atomic E-state index is 13.3. The number of hydrogen-bond acceptors (Lipinski definition) is 4. The number of fused-ring (bicyclic) bond motifs is 3. The van der Waals surface area contributed by atoms with Crippen molar-refractivity contribution in [2.75, 3.05) is 0 Å². The molecule has 0 radical (unpaired) electrons. The van der Waals surface area contributed by atoms with Crippen LogP contribution in [0.25, 0.3) is 22.2 Å². The van der Waals surface area contributed by atoms with Gasteiger partial charge in [-0.3, -0.25) is 14.7 Å². The Hall–Kier alpha value is -4.13. The number of nitrogens with one attached hydrogen (secondary N) is 2. The molecule has 7 rings (SSSR count). The van der Waals surface area contributed by atoms with Crippen molar-refractivity contribution in [3.8, 4) is 17.0 Å². The Balaban J connectivity index is 1.08. The van der Waals surface area contributed by atoms with Crippen LogP contribution in [-0.2, 0) is 4.79 Å². The van der Waals surface area contributed by atoms with Gasteiger partial charge in [0, 0.05) is 41.4 Å². The first-order chi connectivity index (χ1) is 19.2. The summed E-state index contributed by atoms with van der Waals surface area (Å²) in [4.78, 5) is 26.7. The standard InChI is InChI=1S/C32H32N4O3/c37-19-36-24-11-12-25(36)18-27(17-24)39-26-13-8-22(9-14-26)31-28-16-23(10-15-29(28)34-35-31)32(38)33-30(21-6-7-21)20-4-2-1-3-5-20/h1-5,8-10,13-16,19,21,24-25,27,30H,6-7,11-12,17-18H2,(H,33,38)(H,34,35)/t24-,25+,27?,30-/m1/s1. The van der Waals surface area contributed by atoms with E-state index in [1.807, 2.05) is 65.6 Å². The van der Waals surface area contributed by atoms with Crippen LogP contribution in [-0.4, -0.2) is 45.6 Å². The van der Waals surface area contributed by atoms with Gasteiger partial charge in [-0.1, -0.05) is 30.3 Å². The lowest BCUT2D eigenvalue weighted by molar-refractivity contribution is -0.123.